The highest BCUT2D eigenvalue weighted by Gasteiger charge is 2.10. The molecule has 84 valence electrons. The Morgan fingerprint density at radius 1 is 1.31 bits per heavy atom. The van der Waals surface area contributed by atoms with Gasteiger partial charge in [0.05, 0.1) is 0 Å². The molecule has 5 heteroatoms. The molecule has 1 aromatic heterocycles. The molecule has 0 unspecified atom stereocenters. The van der Waals surface area contributed by atoms with Crippen LogP contribution in [0.5, 0.6) is 0 Å². The summed E-state index contributed by atoms with van der Waals surface area (Å²) in [6.07, 6.45) is 0. The predicted octanol–water partition coefficient (Wildman–Crippen LogP) is 1.97. The fourth-order valence-corrected chi connectivity index (χ4v) is 1.53. The number of anilines is 1. The SMILES string of the molecule is CNc1nnc(-c2ccc(C)c(F)c2)n1C. The number of halogens is 1. The Hall–Kier alpha value is -1.91. The summed E-state index contributed by atoms with van der Waals surface area (Å²) in [6.45, 7) is 1.73. The smallest absolute Gasteiger partial charge is 0.224 e. The first-order valence-electron chi connectivity index (χ1n) is 4.97. The van der Waals surface area contributed by atoms with Crippen LogP contribution in [0.15, 0.2) is 18.2 Å². The number of aromatic nitrogens is 3. The standard InChI is InChI=1S/C11H13FN4/c1-7-4-5-8(6-9(7)12)10-14-15-11(13-2)16(10)3/h4-6H,1-3H3,(H,13,15). The van der Waals surface area contributed by atoms with Crippen LogP contribution in [0.4, 0.5) is 10.3 Å². The Balaban J connectivity index is 2.50. The molecule has 0 aliphatic carbocycles. The highest BCUT2D eigenvalue weighted by molar-refractivity contribution is 5.57. The summed E-state index contributed by atoms with van der Waals surface area (Å²) in [6, 6.07) is 5.04. The summed E-state index contributed by atoms with van der Waals surface area (Å²) in [7, 11) is 3.60. The minimum atomic E-state index is -0.230. The molecule has 0 saturated heterocycles. The van der Waals surface area contributed by atoms with E-state index in [0.29, 0.717) is 17.3 Å². The molecule has 1 heterocycles. The lowest BCUT2D eigenvalue weighted by Crippen LogP contribution is -2.00. The molecule has 0 saturated carbocycles. The highest BCUT2D eigenvalue weighted by atomic mass is 19.1. The Bertz CT molecular complexity index is 519. The monoisotopic (exact) mass is 220 g/mol. The maximum absolute atomic E-state index is 13.4. The summed E-state index contributed by atoms with van der Waals surface area (Å²) >= 11 is 0. The van der Waals surface area contributed by atoms with E-state index < -0.39 is 0 Å². The molecule has 0 bridgehead atoms. The zero-order chi connectivity index (χ0) is 11.7. The van der Waals surface area contributed by atoms with Gasteiger partial charge in [-0.3, -0.25) is 4.57 Å². The van der Waals surface area contributed by atoms with Crippen molar-refractivity contribution >= 4 is 5.95 Å². The summed E-state index contributed by atoms with van der Waals surface area (Å²) in [5.41, 5.74) is 1.35. The normalized spacial score (nSPS) is 10.5. The second-order valence-electron chi connectivity index (χ2n) is 3.62. The Labute approximate surface area is 93.1 Å². The average Bonchev–Trinajstić information content (AvgIpc) is 2.64. The van der Waals surface area contributed by atoms with E-state index in [4.69, 9.17) is 0 Å². The highest BCUT2D eigenvalue weighted by Crippen LogP contribution is 2.21. The van der Waals surface area contributed by atoms with Gasteiger partial charge in [-0.2, -0.15) is 0 Å². The molecule has 0 aliphatic rings. The Kier molecular flexibility index (Phi) is 2.60. The fraction of sp³-hybridized carbons (Fsp3) is 0.273. The van der Waals surface area contributed by atoms with Crippen molar-refractivity contribution in [2.45, 2.75) is 6.92 Å². The molecule has 0 fully saturated rings. The summed E-state index contributed by atoms with van der Waals surface area (Å²) in [5.74, 6) is 1.06. The number of hydrogen-bond donors (Lipinski definition) is 1. The molecular weight excluding hydrogens is 207 g/mol. The van der Waals surface area contributed by atoms with E-state index in [9.17, 15) is 4.39 Å². The molecule has 0 aliphatic heterocycles. The second kappa shape index (κ2) is 3.92. The van der Waals surface area contributed by atoms with Crippen molar-refractivity contribution in [3.8, 4) is 11.4 Å². The number of aryl methyl sites for hydroxylation is 1. The topological polar surface area (TPSA) is 42.7 Å². The van der Waals surface area contributed by atoms with E-state index in [2.05, 4.69) is 15.5 Å². The third kappa shape index (κ3) is 1.64. The van der Waals surface area contributed by atoms with E-state index >= 15 is 0 Å². The first-order chi connectivity index (χ1) is 7.63. The molecule has 1 N–H and O–H groups in total. The Morgan fingerprint density at radius 3 is 2.62 bits per heavy atom. The van der Waals surface area contributed by atoms with Crippen LogP contribution in [0.3, 0.4) is 0 Å². The molecule has 0 radical (unpaired) electrons. The molecule has 0 atom stereocenters. The number of nitrogens with one attached hydrogen (secondary N) is 1. The van der Waals surface area contributed by atoms with E-state index in [1.807, 2.05) is 13.1 Å². The first kappa shape index (κ1) is 10.6. The minimum Gasteiger partial charge on any atom is -0.357 e. The van der Waals surface area contributed by atoms with Crippen molar-refractivity contribution in [3.63, 3.8) is 0 Å². The van der Waals surface area contributed by atoms with Crippen LogP contribution in [-0.2, 0) is 7.05 Å². The number of hydrogen-bond acceptors (Lipinski definition) is 3. The number of benzene rings is 1. The van der Waals surface area contributed by atoms with Crippen LogP contribution in [0, 0.1) is 12.7 Å². The van der Waals surface area contributed by atoms with Gasteiger partial charge in [0.15, 0.2) is 5.82 Å². The van der Waals surface area contributed by atoms with Gasteiger partial charge in [-0.05, 0) is 18.6 Å². The van der Waals surface area contributed by atoms with Gasteiger partial charge in [-0.15, -0.1) is 10.2 Å². The van der Waals surface area contributed by atoms with Crippen LogP contribution >= 0.6 is 0 Å². The summed E-state index contributed by atoms with van der Waals surface area (Å²) < 4.78 is 15.2. The second-order valence-corrected chi connectivity index (χ2v) is 3.62. The quantitative estimate of drug-likeness (QED) is 0.841. The Morgan fingerprint density at radius 2 is 2.06 bits per heavy atom. The van der Waals surface area contributed by atoms with Crippen molar-refractivity contribution in [1.82, 2.24) is 14.8 Å². The van der Waals surface area contributed by atoms with Crippen molar-refractivity contribution < 1.29 is 4.39 Å². The average molecular weight is 220 g/mol. The van der Waals surface area contributed by atoms with E-state index in [-0.39, 0.29) is 5.82 Å². The van der Waals surface area contributed by atoms with E-state index in [1.54, 1.807) is 24.6 Å². The molecule has 0 spiro atoms. The molecule has 16 heavy (non-hydrogen) atoms. The van der Waals surface area contributed by atoms with Crippen molar-refractivity contribution in [2.75, 3.05) is 12.4 Å². The zero-order valence-corrected chi connectivity index (χ0v) is 9.45. The number of rotatable bonds is 2. The lowest BCUT2D eigenvalue weighted by molar-refractivity contribution is 0.619. The molecule has 0 amide bonds. The van der Waals surface area contributed by atoms with Gasteiger partial charge < -0.3 is 5.32 Å². The first-order valence-corrected chi connectivity index (χ1v) is 4.97. The zero-order valence-electron chi connectivity index (χ0n) is 9.45. The third-order valence-corrected chi connectivity index (χ3v) is 2.53. The fourth-order valence-electron chi connectivity index (χ4n) is 1.53. The van der Waals surface area contributed by atoms with Crippen molar-refractivity contribution in [1.29, 1.82) is 0 Å². The maximum atomic E-state index is 13.4. The van der Waals surface area contributed by atoms with Crippen molar-refractivity contribution in [2.24, 2.45) is 7.05 Å². The van der Waals surface area contributed by atoms with Crippen LogP contribution in [0.25, 0.3) is 11.4 Å². The van der Waals surface area contributed by atoms with Gasteiger partial charge in [-0.1, -0.05) is 12.1 Å². The van der Waals surface area contributed by atoms with Crippen LogP contribution in [0.1, 0.15) is 5.56 Å². The van der Waals surface area contributed by atoms with Crippen LogP contribution < -0.4 is 5.32 Å². The van der Waals surface area contributed by atoms with Gasteiger partial charge in [-0.25, -0.2) is 4.39 Å². The van der Waals surface area contributed by atoms with Gasteiger partial charge >= 0.3 is 0 Å². The van der Waals surface area contributed by atoms with Crippen LogP contribution in [-0.4, -0.2) is 21.8 Å². The third-order valence-electron chi connectivity index (χ3n) is 2.53. The lowest BCUT2D eigenvalue weighted by atomic mass is 10.1. The predicted molar refractivity (Wildman–Crippen MR) is 60.7 cm³/mol. The van der Waals surface area contributed by atoms with Gasteiger partial charge in [0.25, 0.3) is 0 Å². The van der Waals surface area contributed by atoms with E-state index in [1.165, 1.54) is 6.07 Å². The van der Waals surface area contributed by atoms with Gasteiger partial charge in [0.1, 0.15) is 5.82 Å². The summed E-state index contributed by atoms with van der Waals surface area (Å²) in [4.78, 5) is 0. The minimum absolute atomic E-state index is 0.230. The molecule has 2 rings (SSSR count). The molecule has 1 aromatic carbocycles. The summed E-state index contributed by atoms with van der Waals surface area (Å²) in [5, 5.41) is 10.9. The van der Waals surface area contributed by atoms with E-state index in [0.717, 1.165) is 5.56 Å². The van der Waals surface area contributed by atoms with Gasteiger partial charge in [0, 0.05) is 19.7 Å². The lowest BCUT2D eigenvalue weighted by Gasteiger charge is -2.04. The maximum Gasteiger partial charge on any atom is 0.224 e. The van der Waals surface area contributed by atoms with Crippen molar-refractivity contribution in [3.05, 3.63) is 29.6 Å². The van der Waals surface area contributed by atoms with Gasteiger partial charge in [0.2, 0.25) is 5.95 Å². The molecule has 2 aromatic rings. The number of nitrogens with zero attached hydrogens (tertiary/aromatic N) is 3. The van der Waals surface area contributed by atoms with Crippen LogP contribution in [0.2, 0.25) is 0 Å². The molecular formula is C11H13FN4. The molecule has 4 nitrogen and oxygen atoms in total. The largest absolute Gasteiger partial charge is 0.357 e.